The summed E-state index contributed by atoms with van der Waals surface area (Å²) >= 11 is 0. The largest absolute Gasteiger partial charge is 0.488 e. The fraction of sp³-hybridized carbons (Fsp3) is 0.571. The van der Waals surface area contributed by atoms with Crippen LogP contribution < -0.4 is 10.5 Å². The van der Waals surface area contributed by atoms with E-state index in [1.807, 2.05) is 31.2 Å². The quantitative estimate of drug-likeness (QED) is 0.845. The molecule has 0 bridgehead atoms. The minimum absolute atomic E-state index is 0.00910. The maximum absolute atomic E-state index is 9.86. The average molecular weight is 235 g/mol. The number of ether oxygens (including phenoxy) is 1. The van der Waals surface area contributed by atoms with Gasteiger partial charge in [-0.1, -0.05) is 18.6 Å². The first-order valence-electron chi connectivity index (χ1n) is 6.37. The molecule has 0 amide bonds. The number of hydrogen-bond donors (Lipinski definition) is 2. The lowest BCUT2D eigenvalue weighted by molar-refractivity contribution is 0.00683. The summed E-state index contributed by atoms with van der Waals surface area (Å²) in [5.41, 5.74) is 6.90. The second kappa shape index (κ2) is 5.52. The molecule has 3 N–H and O–H groups in total. The summed E-state index contributed by atoms with van der Waals surface area (Å²) in [6.07, 6.45) is 3.62. The molecule has 3 nitrogen and oxygen atoms in total. The number of aliphatic hydroxyl groups excluding tert-OH is 1. The Bertz CT molecular complexity index is 365. The molecule has 3 unspecified atom stereocenters. The highest BCUT2D eigenvalue weighted by molar-refractivity contribution is 5.30. The fourth-order valence-electron chi connectivity index (χ4n) is 2.26. The second-order valence-corrected chi connectivity index (χ2v) is 4.87. The minimum atomic E-state index is -0.331. The van der Waals surface area contributed by atoms with Crippen LogP contribution in [0.1, 0.15) is 44.2 Å². The molecule has 3 heteroatoms. The van der Waals surface area contributed by atoms with E-state index in [-0.39, 0.29) is 18.2 Å². The lowest BCUT2D eigenvalue weighted by Gasteiger charge is -2.28. The number of hydrogen-bond acceptors (Lipinski definition) is 3. The zero-order chi connectivity index (χ0) is 12.3. The Balaban J connectivity index is 2.04. The van der Waals surface area contributed by atoms with E-state index in [1.54, 1.807) is 0 Å². The topological polar surface area (TPSA) is 55.5 Å². The standard InChI is InChI=1S/C14H21NO2/c1-10(15)11-5-4-6-12(9-11)17-14-8-3-2-7-13(14)16/h4-6,9-10,13-14,16H,2-3,7-8,15H2,1H3. The molecule has 0 aromatic heterocycles. The van der Waals surface area contributed by atoms with Gasteiger partial charge in [0.1, 0.15) is 11.9 Å². The Labute approximate surface area is 103 Å². The highest BCUT2D eigenvalue weighted by Gasteiger charge is 2.24. The van der Waals surface area contributed by atoms with Crippen LogP contribution in [0.15, 0.2) is 24.3 Å². The molecule has 0 heterocycles. The Morgan fingerprint density at radius 1 is 1.35 bits per heavy atom. The van der Waals surface area contributed by atoms with Crippen LogP contribution in [0, 0.1) is 0 Å². The van der Waals surface area contributed by atoms with Crippen molar-refractivity contribution in [2.75, 3.05) is 0 Å². The van der Waals surface area contributed by atoms with Crippen molar-refractivity contribution in [3.05, 3.63) is 29.8 Å². The summed E-state index contributed by atoms with van der Waals surface area (Å²) in [5.74, 6) is 0.811. The van der Waals surface area contributed by atoms with Gasteiger partial charge in [-0.25, -0.2) is 0 Å². The third-order valence-electron chi connectivity index (χ3n) is 3.34. The van der Waals surface area contributed by atoms with E-state index < -0.39 is 0 Å². The monoisotopic (exact) mass is 235 g/mol. The molecule has 17 heavy (non-hydrogen) atoms. The lowest BCUT2D eigenvalue weighted by atomic mass is 9.95. The average Bonchev–Trinajstić information content (AvgIpc) is 2.32. The molecule has 1 aromatic carbocycles. The van der Waals surface area contributed by atoms with Crippen molar-refractivity contribution in [2.24, 2.45) is 5.73 Å². The van der Waals surface area contributed by atoms with E-state index >= 15 is 0 Å². The third-order valence-corrected chi connectivity index (χ3v) is 3.34. The fourth-order valence-corrected chi connectivity index (χ4v) is 2.26. The first-order chi connectivity index (χ1) is 8.16. The molecule has 1 aliphatic rings. The number of rotatable bonds is 3. The number of aliphatic hydroxyl groups is 1. The van der Waals surface area contributed by atoms with Gasteiger partial charge in [-0.05, 0) is 43.9 Å². The minimum Gasteiger partial charge on any atom is -0.488 e. The first kappa shape index (κ1) is 12.4. The molecule has 1 fully saturated rings. The molecule has 1 saturated carbocycles. The van der Waals surface area contributed by atoms with Crippen molar-refractivity contribution in [1.29, 1.82) is 0 Å². The van der Waals surface area contributed by atoms with Crippen molar-refractivity contribution in [3.63, 3.8) is 0 Å². The Kier molecular flexibility index (Phi) is 4.02. The zero-order valence-corrected chi connectivity index (χ0v) is 10.3. The van der Waals surface area contributed by atoms with Crippen LogP contribution >= 0.6 is 0 Å². The molecule has 0 radical (unpaired) electrons. The Morgan fingerprint density at radius 2 is 2.12 bits per heavy atom. The van der Waals surface area contributed by atoms with E-state index in [0.29, 0.717) is 0 Å². The van der Waals surface area contributed by atoms with Crippen LogP contribution in [0.5, 0.6) is 5.75 Å². The molecule has 94 valence electrons. The van der Waals surface area contributed by atoms with E-state index in [4.69, 9.17) is 10.5 Å². The summed E-state index contributed by atoms with van der Waals surface area (Å²) < 4.78 is 5.85. The Morgan fingerprint density at radius 3 is 2.82 bits per heavy atom. The van der Waals surface area contributed by atoms with Gasteiger partial charge in [-0.3, -0.25) is 0 Å². The molecule has 3 atom stereocenters. The smallest absolute Gasteiger partial charge is 0.124 e. The van der Waals surface area contributed by atoms with Gasteiger partial charge in [0.15, 0.2) is 0 Å². The van der Waals surface area contributed by atoms with E-state index in [9.17, 15) is 5.11 Å². The van der Waals surface area contributed by atoms with E-state index in [0.717, 1.165) is 37.0 Å². The van der Waals surface area contributed by atoms with Crippen molar-refractivity contribution in [1.82, 2.24) is 0 Å². The van der Waals surface area contributed by atoms with Crippen LogP contribution in [-0.4, -0.2) is 17.3 Å². The predicted molar refractivity (Wildman–Crippen MR) is 67.9 cm³/mol. The van der Waals surface area contributed by atoms with Gasteiger partial charge in [0.2, 0.25) is 0 Å². The molecular formula is C14H21NO2. The van der Waals surface area contributed by atoms with Crippen LogP contribution in [-0.2, 0) is 0 Å². The summed E-state index contributed by atoms with van der Waals surface area (Å²) in [6.45, 7) is 1.95. The second-order valence-electron chi connectivity index (χ2n) is 4.87. The number of benzene rings is 1. The van der Waals surface area contributed by atoms with Crippen molar-refractivity contribution < 1.29 is 9.84 Å². The summed E-state index contributed by atoms with van der Waals surface area (Å²) in [5, 5.41) is 9.86. The van der Waals surface area contributed by atoms with Crippen LogP contribution in [0.25, 0.3) is 0 Å². The van der Waals surface area contributed by atoms with Gasteiger partial charge < -0.3 is 15.6 Å². The van der Waals surface area contributed by atoms with Gasteiger partial charge in [0, 0.05) is 6.04 Å². The highest BCUT2D eigenvalue weighted by atomic mass is 16.5. The SMILES string of the molecule is CC(N)c1cccc(OC2CCCCC2O)c1. The van der Waals surface area contributed by atoms with Gasteiger partial charge in [0.05, 0.1) is 6.10 Å². The molecule has 0 spiro atoms. The van der Waals surface area contributed by atoms with Crippen molar-refractivity contribution in [3.8, 4) is 5.75 Å². The maximum Gasteiger partial charge on any atom is 0.124 e. The van der Waals surface area contributed by atoms with E-state index in [1.165, 1.54) is 0 Å². The summed E-state index contributed by atoms with van der Waals surface area (Å²) in [6, 6.07) is 7.84. The normalized spacial score (nSPS) is 26.5. The van der Waals surface area contributed by atoms with Gasteiger partial charge in [-0.2, -0.15) is 0 Å². The van der Waals surface area contributed by atoms with Crippen molar-refractivity contribution >= 4 is 0 Å². The van der Waals surface area contributed by atoms with Gasteiger partial charge in [-0.15, -0.1) is 0 Å². The molecule has 2 rings (SSSR count). The van der Waals surface area contributed by atoms with Gasteiger partial charge >= 0.3 is 0 Å². The first-order valence-corrected chi connectivity index (χ1v) is 6.37. The molecular weight excluding hydrogens is 214 g/mol. The predicted octanol–water partition coefficient (Wildman–Crippen LogP) is 2.39. The Hall–Kier alpha value is -1.06. The lowest BCUT2D eigenvalue weighted by Crippen LogP contribution is -2.34. The molecule has 1 aliphatic carbocycles. The van der Waals surface area contributed by atoms with Crippen LogP contribution in [0.2, 0.25) is 0 Å². The maximum atomic E-state index is 9.86. The zero-order valence-electron chi connectivity index (χ0n) is 10.3. The van der Waals surface area contributed by atoms with E-state index in [2.05, 4.69) is 0 Å². The summed E-state index contributed by atoms with van der Waals surface area (Å²) in [4.78, 5) is 0. The highest BCUT2D eigenvalue weighted by Crippen LogP contribution is 2.25. The third kappa shape index (κ3) is 3.20. The number of nitrogens with two attached hydrogens (primary N) is 1. The van der Waals surface area contributed by atoms with Crippen LogP contribution in [0.4, 0.5) is 0 Å². The van der Waals surface area contributed by atoms with Gasteiger partial charge in [0.25, 0.3) is 0 Å². The summed E-state index contributed by atoms with van der Waals surface area (Å²) in [7, 11) is 0. The molecule has 0 aliphatic heterocycles. The molecule has 0 saturated heterocycles. The van der Waals surface area contributed by atoms with Crippen molar-refractivity contribution in [2.45, 2.75) is 50.9 Å². The van der Waals surface area contributed by atoms with Crippen LogP contribution in [0.3, 0.4) is 0 Å². The molecule has 1 aromatic rings.